The Hall–Kier alpha value is -1.31. The molecule has 0 atom stereocenters. The lowest BCUT2D eigenvalue weighted by Gasteiger charge is -2.11. The van der Waals surface area contributed by atoms with E-state index in [1.807, 2.05) is 0 Å². The lowest BCUT2D eigenvalue weighted by Crippen LogP contribution is -2.24. The van der Waals surface area contributed by atoms with Gasteiger partial charge in [-0.3, -0.25) is 0 Å². The summed E-state index contributed by atoms with van der Waals surface area (Å²) in [5.74, 6) is 1.30. The van der Waals surface area contributed by atoms with Crippen LogP contribution < -0.4 is 10.5 Å². The zero-order chi connectivity index (χ0) is 14.9. The van der Waals surface area contributed by atoms with Crippen LogP contribution in [0.1, 0.15) is 17.1 Å². The van der Waals surface area contributed by atoms with Gasteiger partial charge in [-0.05, 0) is 43.7 Å². The summed E-state index contributed by atoms with van der Waals surface area (Å²) in [6, 6.07) is 6.72. The third-order valence-corrected chi connectivity index (χ3v) is 4.87. The maximum Gasteiger partial charge on any atom is 0.241 e. The molecule has 0 saturated heterocycles. The molecule has 0 aliphatic heterocycles. The van der Waals surface area contributed by atoms with E-state index in [-0.39, 0.29) is 11.4 Å². The molecule has 20 heavy (non-hydrogen) atoms. The highest BCUT2D eigenvalue weighted by molar-refractivity contribution is 9.10. The Morgan fingerprint density at radius 3 is 2.60 bits per heavy atom. The number of halogens is 1. The number of hydrogen-bond donors (Lipinski definition) is 2. The first-order valence-electron chi connectivity index (χ1n) is 5.90. The molecule has 0 radical (unpaired) electrons. The molecule has 0 fully saturated rings. The van der Waals surface area contributed by atoms with E-state index < -0.39 is 10.0 Å². The second-order valence-corrected chi connectivity index (χ2v) is 7.11. The molecule has 108 valence electrons. The molecule has 0 aliphatic rings. The first-order chi connectivity index (χ1) is 9.29. The molecule has 0 saturated carbocycles. The molecule has 3 N–H and O–H groups in total. The molecule has 0 aliphatic carbocycles. The second-order valence-electron chi connectivity index (χ2n) is 4.46. The van der Waals surface area contributed by atoms with E-state index in [1.165, 1.54) is 6.07 Å². The van der Waals surface area contributed by atoms with Gasteiger partial charge in [0.1, 0.15) is 11.5 Å². The highest BCUT2D eigenvalue weighted by Gasteiger charge is 2.19. The standard InChI is InChI=1S/C13H15BrN2O3S/c1-8-3-4-11(19-8)7-16-20(17,18)13-6-10(14)5-12(15)9(13)2/h3-6,16H,7,15H2,1-2H3. The highest BCUT2D eigenvalue weighted by Crippen LogP contribution is 2.26. The van der Waals surface area contributed by atoms with E-state index >= 15 is 0 Å². The van der Waals surface area contributed by atoms with E-state index in [0.29, 0.717) is 21.5 Å². The molecule has 1 heterocycles. The molecule has 1 aromatic carbocycles. The highest BCUT2D eigenvalue weighted by atomic mass is 79.9. The molecule has 0 bridgehead atoms. The number of benzene rings is 1. The number of hydrogen-bond acceptors (Lipinski definition) is 4. The van der Waals surface area contributed by atoms with Crippen LogP contribution in [0, 0.1) is 13.8 Å². The Kier molecular flexibility index (Phi) is 4.22. The Morgan fingerprint density at radius 1 is 1.30 bits per heavy atom. The van der Waals surface area contributed by atoms with Crippen LogP contribution in [0.25, 0.3) is 0 Å². The lowest BCUT2D eigenvalue weighted by molar-refractivity contribution is 0.475. The summed E-state index contributed by atoms with van der Waals surface area (Å²) in [7, 11) is -3.64. The fourth-order valence-corrected chi connectivity index (χ4v) is 3.70. The normalized spacial score (nSPS) is 11.8. The maximum atomic E-state index is 12.3. The molecule has 2 rings (SSSR count). The van der Waals surface area contributed by atoms with Crippen molar-refractivity contribution in [3.05, 3.63) is 45.8 Å². The first-order valence-corrected chi connectivity index (χ1v) is 8.18. The summed E-state index contributed by atoms with van der Waals surface area (Å²) in [5.41, 5.74) is 6.74. The first kappa shape index (κ1) is 15.1. The molecular formula is C13H15BrN2O3S. The van der Waals surface area contributed by atoms with Crippen molar-refractivity contribution in [3.8, 4) is 0 Å². The van der Waals surface area contributed by atoms with E-state index in [1.54, 1.807) is 32.0 Å². The Labute approximate surface area is 126 Å². The number of furan rings is 1. The van der Waals surface area contributed by atoms with Crippen LogP contribution in [0.4, 0.5) is 5.69 Å². The van der Waals surface area contributed by atoms with Crippen molar-refractivity contribution in [1.82, 2.24) is 4.72 Å². The van der Waals surface area contributed by atoms with Crippen molar-refractivity contribution in [2.45, 2.75) is 25.3 Å². The van der Waals surface area contributed by atoms with Gasteiger partial charge in [-0.15, -0.1) is 0 Å². The zero-order valence-corrected chi connectivity index (χ0v) is 13.5. The van der Waals surface area contributed by atoms with Gasteiger partial charge in [0.15, 0.2) is 0 Å². The number of rotatable bonds is 4. The topological polar surface area (TPSA) is 85.3 Å². The van der Waals surface area contributed by atoms with Crippen LogP contribution in [0.5, 0.6) is 0 Å². The summed E-state index contributed by atoms with van der Waals surface area (Å²) in [4.78, 5) is 0.160. The summed E-state index contributed by atoms with van der Waals surface area (Å²) < 4.78 is 33.1. The van der Waals surface area contributed by atoms with Crippen molar-refractivity contribution in [2.75, 3.05) is 5.73 Å². The molecule has 7 heteroatoms. The van der Waals surface area contributed by atoms with Crippen molar-refractivity contribution >= 4 is 31.6 Å². The number of sulfonamides is 1. The minimum atomic E-state index is -3.64. The average molecular weight is 359 g/mol. The molecule has 2 aromatic rings. The Balaban J connectivity index is 2.27. The number of nitrogen functional groups attached to an aromatic ring is 1. The molecule has 0 amide bonds. The summed E-state index contributed by atoms with van der Waals surface area (Å²) in [6.07, 6.45) is 0. The number of aryl methyl sites for hydroxylation is 1. The van der Waals surface area contributed by atoms with Gasteiger partial charge in [0.25, 0.3) is 0 Å². The quantitative estimate of drug-likeness (QED) is 0.822. The van der Waals surface area contributed by atoms with Crippen LogP contribution in [-0.2, 0) is 16.6 Å². The van der Waals surface area contributed by atoms with Gasteiger partial charge in [0, 0.05) is 10.2 Å². The predicted molar refractivity (Wildman–Crippen MR) is 80.8 cm³/mol. The van der Waals surface area contributed by atoms with E-state index in [4.69, 9.17) is 10.2 Å². The fraction of sp³-hybridized carbons (Fsp3) is 0.231. The van der Waals surface area contributed by atoms with Crippen LogP contribution in [0.3, 0.4) is 0 Å². The molecule has 0 unspecified atom stereocenters. The summed E-state index contributed by atoms with van der Waals surface area (Å²) >= 11 is 3.25. The fourth-order valence-electron chi connectivity index (χ4n) is 1.78. The van der Waals surface area contributed by atoms with Crippen molar-refractivity contribution in [1.29, 1.82) is 0 Å². The summed E-state index contributed by atoms with van der Waals surface area (Å²) in [6.45, 7) is 3.58. The van der Waals surface area contributed by atoms with Crippen LogP contribution in [-0.4, -0.2) is 8.42 Å². The maximum absolute atomic E-state index is 12.3. The third kappa shape index (κ3) is 3.23. The molecule has 5 nitrogen and oxygen atoms in total. The molecule has 1 aromatic heterocycles. The largest absolute Gasteiger partial charge is 0.465 e. The SMILES string of the molecule is Cc1ccc(CNS(=O)(=O)c2cc(Br)cc(N)c2C)o1. The number of anilines is 1. The number of nitrogens with one attached hydrogen (secondary N) is 1. The van der Waals surface area contributed by atoms with Gasteiger partial charge in [-0.25, -0.2) is 13.1 Å². The monoisotopic (exact) mass is 358 g/mol. The van der Waals surface area contributed by atoms with Crippen molar-refractivity contribution < 1.29 is 12.8 Å². The lowest BCUT2D eigenvalue weighted by atomic mass is 10.2. The minimum Gasteiger partial charge on any atom is -0.465 e. The second kappa shape index (κ2) is 5.59. The van der Waals surface area contributed by atoms with Crippen LogP contribution >= 0.6 is 15.9 Å². The van der Waals surface area contributed by atoms with Gasteiger partial charge in [-0.1, -0.05) is 15.9 Å². The smallest absolute Gasteiger partial charge is 0.241 e. The predicted octanol–water partition coefficient (Wildman–Crippen LogP) is 2.72. The van der Waals surface area contributed by atoms with Gasteiger partial charge in [0.2, 0.25) is 10.0 Å². The van der Waals surface area contributed by atoms with Gasteiger partial charge >= 0.3 is 0 Å². The van der Waals surface area contributed by atoms with E-state index in [2.05, 4.69) is 20.7 Å². The van der Waals surface area contributed by atoms with Crippen LogP contribution in [0.2, 0.25) is 0 Å². The van der Waals surface area contributed by atoms with Crippen molar-refractivity contribution in [3.63, 3.8) is 0 Å². The third-order valence-electron chi connectivity index (χ3n) is 2.89. The van der Waals surface area contributed by atoms with Gasteiger partial charge < -0.3 is 10.2 Å². The minimum absolute atomic E-state index is 0.0992. The van der Waals surface area contributed by atoms with Gasteiger partial charge in [-0.2, -0.15) is 0 Å². The Bertz CT molecular complexity index is 738. The van der Waals surface area contributed by atoms with E-state index in [9.17, 15) is 8.42 Å². The van der Waals surface area contributed by atoms with E-state index in [0.717, 1.165) is 5.76 Å². The average Bonchev–Trinajstić information content (AvgIpc) is 2.77. The molecular weight excluding hydrogens is 344 g/mol. The zero-order valence-electron chi connectivity index (χ0n) is 11.1. The number of nitrogens with two attached hydrogens (primary N) is 1. The van der Waals surface area contributed by atoms with Crippen molar-refractivity contribution in [2.24, 2.45) is 0 Å². The van der Waals surface area contributed by atoms with Crippen LogP contribution in [0.15, 0.2) is 38.1 Å². The molecule has 0 spiro atoms. The van der Waals surface area contributed by atoms with Gasteiger partial charge in [0.05, 0.1) is 11.4 Å². The summed E-state index contributed by atoms with van der Waals surface area (Å²) in [5, 5.41) is 0. The Morgan fingerprint density at radius 2 is 2.00 bits per heavy atom.